The van der Waals surface area contributed by atoms with Gasteiger partial charge >= 0.3 is 5.97 Å². The van der Waals surface area contributed by atoms with Gasteiger partial charge in [0, 0.05) is 22.0 Å². The maximum Gasteiger partial charge on any atom is 0.352 e. The number of fused-ring (bicyclic) bond motifs is 2. The van der Waals surface area contributed by atoms with E-state index < -0.39 is 29.2 Å². The minimum Gasteiger partial charge on any atom is -0.477 e. The minimum absolute atomic E-state index is 0.108. The number of oxime groups is 1. The summed E-state index contributed by atoms with van der Waals surface area (Å²) in [6.45, 7) is 1.92. The van der Waals surface area contributed by atoms with E-state index in [0.717, 1.165) is 17.0 Å². The van der Waals surface area contributed by atoms with Crippen molar-refractivity contribution in [3.05, 3.63) is 34.7 Å². The van der Waals surface area contributed by atoms with Crippen LogP contribution in [-0.4, -0.2) is 82.6 Å². The number of hydrogen-bond acceptors (Lipinski definition) is 13. The monoisotopic (exact) mass is 591 g/mol. The quantitative estimate of drug-likeness (QED) is 0.0617. The normalized spacial score (nSPS) is 19.2. The second-order valence-electron chi connectivity index (χ2n) is 8.31. The Kier molecular flexibility index (Phi) is 7.32. The van der Waals surface area contributed by atoms with Gasteiger partial charge in [0.2, 0.25) is 0 Å². The Hall–Kier alpha value is -3.90. The van der Waals surface area contributed by atoms with Crippen molar-refractivity contribution < 1.29 is 28.9 Å². The third-order valence-electron chi connectivity index (χ3n) is 5.78. The second kappa shape index (κ2) is 10.7. The molecule has 18 heteroatoms. The molecule has 0 aromatic carbocycles. The summed E-state index contributed by atoms with van der Waals surface area (Å²) in [5, 5.41) is 22.5. The molecular formula is C21H23N10O5S3+. The average molecular weight is 592 g/mol. The van der Waals surface area contributed by atoms with Gasteiger partial charge in [-0.2, -0.15) is 4.98 Å². The molecule has 6 N–H and O–H groups in total. The maximum absolute atomic E-state index is 13.1. The Morgan fingerprint density at radius 3 is 2.87 bits per heavy atom. The molecule has 1 saturated heterocycles. The Balaban J connectivity index is 1.34. The van der Waals surface area contributed by atoms with Gasteiger partial charge in [0.1, 0.15) is 35.2 Å². The van der Waals surface area contributed by atoms with E-state index in [1.54, 1.807) is 33.8 Å². The first-order valence-electron chi connectivity index (χ1n) is 11.4. The molecule has 2 aliphatic rings. The van der Waals surface area contributed by atoms with Gasteiger partial charge in [-0.05, 0) is 17.0 Å². The zero-order valence-electron chi connectivity index (χ0n) is 20.6. The van der Waals surface area contributed by atoms with Crippen molar-refractivity contribution in [1.29, 1.82) is 0 Å². The zero-order chi connectivity index (χ0) is 27.8. The molecule has 0 bridgehead atoms. The highest BCUT2D eigenvalue weighted by molar-refractivity contribution is 8.01. The number of aryl methyl sites for hydroxylation is 1. The molecular weight excluding hydrogens is 568 g/mol. The number of carbonyl (C=O) groups excluding carboxylic acids is 2. The standard InChI is InChI=1S/C21H22N10O5S3/c1-3-36-28-13(10-7-38-20(23)25-10)16(32)27-14-17(33)30-15(19(34)35)9(5-37-18(14)30)6-39-21-26-11(22)4-12-29(2)8-24-31(12)21/h4,7-8,14,18,22H,3,5-6H2,1-2H3,(H4,23,25,27,32,34,35)/p+1/b28-13-/t14?,18-/m0/s1. The summed E-state index contributed by atoms with van der Waals surface area (Å²) in [6, 6.07) is 0.731. The van der Waals surface area contributed by atoms with Crippen LogP contribution in [0.1, 0.15) is 12.6 Å². The van der Waals surface area contributed by atoms with Crippen molar-refractivity contribution >= 4 is 75.0 Å². The van der Waals surface area contributed by atoms with Crippen LogP contribution in [0.15, 0.2) is 39.4 Å². The lowest BCUT2D eigenvalue weighted by Crippen LogP contribution is -2.71. The molecule has 1 fully saturated rings. The number of nitrogens with one attached hydrogen (secondary N) is 1. The maximum atomic E-state index is 13.1. The van der Waals surface area contributed by atoms with Crippen LogP contribution in [0, 0.1) is 0 Å². The van der Waals surface area contributed by atoms with Gasteiger partial charge in [-0.3, -0.25) is 14.5 Å². The number of rotatable bonds is 9. The van der Waals surface area contributed by atoms with Crippen molar-refractivity contribution in [3.8, 4) is 0 Å². The number of carboxylic acids is 1. The number of amides is 2. The fourth-order valence-corrected chi connectivity index (χ4v) is 7.01. The predicted octanol–water partition coefficient (Wildman–Crippen LogP) is -0.554. The summed E-state index contributed by atoms with van der Waals surface area (Å²) in [5.41, 5.74) is 12.9. The van der Waals surface area contributed by atoms with Crippen LogP contribution in [0.25, 0.3) is 5.65 Å². The number of hydrogen-bond donors (Lipinski definition) is 4. The van der Waals surface area contributed by atoms with E-state index in [2.05, 4.69) is 25.5 Å². The molecule has 2 atom stereocenters. The minimum atomic E-state index is -1.23. The van der Waals surface area contributed by atoms with Gasteiger partial charge in [0.25, 0.3) is 28.9 Å². The SMILES string of the molecule is CCO/N=C(\C(=O)NC1C(=O)N2C(C(=O)O)=C(CSc3nc(N)cc4n3nc[n+]4C)CS[C@@H]12)c1csc(N)n1. The number of β-lactam (4-membered cyclic amide) rings is 1. The number of thioether (sulfide) groups is 2. The van der Waals surface area contributed by atoms with Crippen LogP contribution >= 0.6 is 34.9 Å². The number of carboxylic acid groups (broad SMARTS) is 1. The molecule has 0 aliphatic carbocycles. The lowest BCUT2D eigenvalue weighted by atomic mass is 10.0. The molecule has 1 unspecified atom stereocenters. The average Bonchev–Trinajstić information content (AvgIpc) is 3.50. The smallest absolute Gasteiger partial charge is 0.352 e. The number of nitrogens with two attached hydrogens (primary N) is 2. The van der Waals surface area contributed by atoms with Gasteiger partial charge in [0.05, 0.1) is 13.1 Å². The summed E-state index contributed by atoms with van der Waals surface area (Å²) in [4.78, 5) is 53.0. The van der Waals surface area contributed by atoms with Crippen molar-refractivity contribution in [1.82, 2.24) is 29.8 Å². The summed E-state index contributed by atoms with van der Waals surface area (Å²) < 4.78 is 3.39. The van der Waals surface area contributed by atoms with Crippen LogP contribution in [0.2, 0.25) is 0 Å². The molecule has 0 radical (unpaired) electrons. The first-order valence-corrected chi connectivity index (χ1v) is 14.4. The van der Waals surface area contributed by atoms with Crippen LogP contribution < -0.4 is 21.4 Å². The van der Waals surface area contributed by atoms with Gasteiger partial charge in [-0.1, -0.05) is 16.9 Å². The first kappa shape index (κ1) is 26.7. The molecule has 3 aromatic rings. The van der Waals surface area contributed by atoms with Gasteiger partial charge in [-0.15, -0.1) is 23.1 Å². The molecule has 3 aromatic heterocycles. The van der Waals surface area contributed by atoms with Crippen molar-refractivity contribution in [2.45, 2.75) is 23.5 Å². The van der Waals surface area contributed by atoms with Crippen molar-refractivity contribution in [3.63, 3.8) is 0 Å². The lowest BCUT2D eigenvalue weighted by molar-refractivity contribution is -0.646. The van der Waals surface area contributed by atoms with Crippen LogP contribution in [0.3, 0.4) is 0 Å². The van der Waals surface area contributed by atoms with Gasteiger partial charge in [0.15, 0.2) is 10.8 Å². The Morgan fingerprint density at radius 1 is 1.38 bits per heavy atom. The van der Waals surface area contributed by atoms with Crippen LogP contribution in [0.5, 0.6) is 0 Å². The second-order valence-corrected chi connectivity index (χ2v) is 11.2. The third-order valence-corrected chi connectivity index (χ3v) is 8.81. The lowest BCUT2D eigenvalue weighted by Gasteiger charge is -2.49. The Morgan fingerprint density at radius 2 is 2.18 bits per heavy atom. The van der Waals surface area contributed by atoms with Crippen molar-refractivity contribution in [2.75, 3.05) is 29.6 Å². The fraction of sp³-hybridized carbons (Fsp3) is 0.333. The number of nitrogen functional groups attached to an aromatic ring is 2. The summed E-state index contributed by atoms with van der Waals surface area (Å²) in [6.07, 6.45) is 1.62. The highest BCUT2D eigenvalue weighted by Crippen LogP contribution is 2.41. The number of aromatic nitrogens is 5. The first-order chi connectivity index (χ1) is 18.7. The number of carbonyl (C=O) groups is 3. The molecule has 39 heavy (non-hydrogen) atoms. The molecule has 204 valence electrons. The van der Waals surface area contributed by atoms with Crippen LogP contribution in [-0.2, 0) is 26.3 Å². The molecule has 2 amide bonds. The van der Waals surface area contributed by atoms with Gasteiger partial charge < -0.3 is 26.7 Å². The molecule has 0 saturated carbocycles. The zero-order valence-corrected chi connectivity index (χ0v) is 23.0. The highest BCUT2D eigenvalue weighted by Gasteiger charge is 2.54. The van der Waals surface area contributed by atoms with E-state index in [1.807, 2.05) is 7.05 Å². The van der Waals surface area contributed by atoms with Gasteiger partial charge in [-0.25, -0.2) is 14.3 Å². The van der Waals surface area contributed by atoms with Crippen molar-refractivity contribution in [2.24, 2.45) is 12.2 Å². The predicted molar refractivity (Wildman–Crippen MR) is 144 cm³/mol. The molecule has 5 rings (SSSR count). The summed E-state index contributed by atoms with van der Waals surface area (Å²) in [7, 11) is 1.82. The number of thiazole rings is 1. The number of nitrogens with zero attached hydrogens (tertiary/aromatic N) is 7. The van der Waals surface area contributed by atoms with Crippen LogP contribution in [0.4, 0.5) is 10.9 Å². The summed E-state index contributed by atoms with van der Waals surface area (Å²) >= 11 is 3.75. The van der Waals surface area contributed by atoms with E-state index >= 15 is 0 Å². The molecule has 2 aliphatic heterocycles. The Bertz CT molecular complexity index is 1550. The molecule has 0 spiro atoms. The fourth-order valence-electron chi connectivity index (χ4n) is 4.01. The summed E-state index contributed by atoms with van der Waals surface area (Å²) in [5.74, 6) is -1.59. The molecule has 15 nitrogen and oxygen atoms in total. The molecule has 5 heterocycles. The number of anilines is 2. The van der Waals surface area contributed by atoms with E-state index in [0.29, 0.717) is 22.3 Å². The third kappa shape index (κ3) is 4.97. The topological polar surface area (TPSA) is 207 Å². The van der Waals surface area contributed by atoms with E-state index in [9.17, 15) is 19.5 Å². The Labute approximate surface area is 233 Å². The van der Waals surface area contributed by atoms with E-state index in [4.69, 9.17) is 16.3 Å². The number of aliphatic carboxylic acids is 1. The van der Waals surface area contributed by atoms with E-state index in [1.165, 1.54) is 28.4 Å². The largest absolute Gasteiger partial charge is 0.477 e. The van der Waals surface area contributed by atoms with E-state index in [-0.39, 0.29) is 34.6 Å². The highest BCUT2D eigenvalue weighted by atomic mass is 32.2.